The molecule has 6 heteroatoms. The van der Waals surface area contributed by atoms with E-state index in [9.17, 15) is 8.42 Å². The molecule has 1 aromatic carbocycles. The Morgan fingerprint density at radius 1 is 1.24 bits per heavy atom. The lowest BCUT2D eigenvalue weighted by Gasteiger charge is -2.25. The third-order valence-corrected chi connectivity index (χ3v) is 6.22. The van der Waals surface area contributed by atoms with Crippen LogP contribution in [0.25, 0.3) is 0 Å². The van der Waals surface area contributed by atoms with Gasteiger partial charge in [-0.15, -0.1) is 0 Å². The summed E-state index contributed by atoms with van der Waals surface area (Å²) in [6, 6.07) is 7.75. The summed E-state index contributed by atoms with van der Waals surface area (Å²) in [5, 5.41) is 8.36. The van der Waals surface area contributed by atoms with Crippen LogP contribution in [-0.2, 0) is 16.4 Å². The van der Waals surface area contributed by atoms with E-state index < -0.39 is 9.84 Å². The van der Waals surface area contributed by atoms with Crippen molar-refractivity contribution >= 4 is 16.1 Å². The zero-order valence-corrected chi connectivity index (χ0v) is 15.9. The fourth-order valence-electron chi connectivity index (χ4n) is 3.62. The first-order valence-corrected chi connectivity index (χ1v) is 11.0. The molecule has 2 aliphatic rings. The lowest BCUT2D eigenvalue weighted by atomic mass is 9.95. The Morgan fingerprint density at radius 2 is 2.00 bits per heavy atom. The predicted octanol–water partition coefficient (Wildman–Crippen LogP) is 3.19. The molecule has 1 aliphatic heterocycles. The van der Waals surface area contributed by atoms with Gasteiger partial charge in [0.25, 0.3) is 0 Å². The lowest BCUT2D eigenvalue weighted by molar-refractivity contribution is -0.895. The second kappa shape index (κ2) is 7.30. The van der Waals surface area contributed by atoms with Crippen LogP contribution in [0.3, 0.4) is 0 Å². The topological polar surface area (TPSA) is 58.5 Å². The van der Waals surface area contributed by atoms with Crippen LogP contribution in [0.4, 0.5) is 0 Å². The highest BCUT2D eigenvalue weighted by Crippen LogP contribution is 2.25. The number of nitrogens with zero attached hydrogens (tertiary/aromatic N) is 2. The second-order valence-electron chi connectivity index (χ2n) is 7.19. The smallest absolute Gasteiger partial charge is 0.175 e. The highest BCUT2D eigenvalue weighted by atomic mass is 32.2. The number of benzene rings is 1. The Kier molecular flexibility index (Phi) is 5.29. The van der Waals surface area contributed by atoms with Gasteiger partial charge in [-0.25, -0.2) is 8.42 Å². The van der Waals surface area contributed by atoms with E-state index in [0.29, 0.717) is 22.1 Å². The summed E-state index contributed by atoms with van der Waals surface area (Å²) in [6.07, 6.45) is 11.7. The maximum absolute atomic E-state index is 11.8. The van der Waals surface area contributed by atoms with E-state index in [1.165, 1.54) is 38.4 Å². The largest absolute Gasteiger partial charge is 0.377 e. The van der Waals surface area contributed by atoms with Gasteiger partial charge in [0.1, 0.15) is 31.2 Å². The van der Waals surface area contributed by atoms with Crippen LogP contribution >= 0.6 is 0 Å². The maximum atomic E-state index is 11.8. The number of allylic oxidation sites excluding steroid dienone is 1. The molecule has 136 valence electrons. The van der Waals surface area contributed by atoms with Gasteiger partial charge >= 0.3 is 0 Å². The van der Waals surface area contributed by atoms with Gasteiger partial charge in [-0.05, 0) is 31.9 Å². The summed E-state index contributed by atoms with van der Waals surface area (Å²) >= 11 is 0. The van der Waals surface area contributed by atoms with E-state index in [0.717, 1.165) is 17.8 Å². The van der Waals surface area contributed by atoms with E-state index in [1.54, 1.807) is 12.1 Å². The fraction of sp³-hybridized carbons (Fsp3) is 0.526. The number of hydrogen-bond donors (Lipinski definition) is 1. The summed E-state index contributed by atoms with van der Waals surface area (Å²) in [6.45, 7) is 3.60. The molecule has 1 atom stereocenters. The first-order valence-electron chi connectivity index (χ1n) is 9.11. The van der Waals surface area contributed by atoms with Crippen molar-refractivity contribution in [3.05, 3.63) is 41.7 Å². The normalized spacial score (nSPS) is 24.3. The summed E-state index contributed by atoms with van der Waals surface area (Å²) in [7, 11) is -3.19. The molecule has 0 amide bonds. The third kappa shape index (κ3) is 4.50. The van der Waals surface area contributed by atoms with Crippen LogP contribution in [0, 0.1) is 0 Å². The Hall–Kier alpha value is -1.66. The van der Waals surface area contributed by atoms with Crippen molar-refractivity contribution in [3.8, 4) is 0 Å². The molecule has 1 fully saturated rings. The average molecular weight is 363 g/mol. The molecule has 5 nitrogen and oxygen atoms in total. The van der Waals surface area contributed by atoms with Gasteiger partial charge in [0.05, 0.1) is 4.90 Å². The quantitative estimate of drug-likeness (QED) is 0.791. The zero-order valence-electron chi connectivity index (χ0n) is 15.1. The van der Waals surface area contributed by atoms with Crippen molar-refractivity contribution in [3.63, 3.8) is 0 Å². The molecule has 1 N–H and O–H groups in total. The number of quaternary nitrogens is 1. The zero-order chi connectivity index (χ0) is 17.9. The Morgan fingerprint density at radius 3 is 2.68 bits per heavy atom. The number of sulfone groups is 1. The van der Waals surface area contributed by atoms with Gasteiger partial charge in [-0.2, -0.15) is 4.59 Å². The second-order valence-corrected chi connectivity index (χ2v) is 9.20. The van der Waals surface area contributed by atoms with Gasteiger partial charge in [0.15, 0.2) is 9.84 Å². The fourth-order valence-corrected chi connectivity index (χ4v) is 4.31. The molecular formula is C19H28N3O2S+. The predicted molar refractivity (Wildman–Crippen MR) is 101 cm³/mol. The van der Waals surface area contributed by atoms with Gasteiger partial charge in [-0.3, -0.25) is 0 Å². The number of rotatable bonds is 6. The Labute approximate surface area is 150 Å². The van der Waals surface area contributed by atoms with Gasteiger partial charge in [0, 0.05) is 17.9 Å². The van der Waals surface area contributed by atoms with Crippen LogP contribution in [0.1, 0.15) is 44.6 Å². The standard InChI is InChI=1S/C19H28N3O2S/c1-3-22(14-16-8-7-11-19(12-16)25(2,23)24)15-18(13-20-22)21-17-9-5-4-6-10-17/h7-8,11-13,15,17,21H,3-6,9-10,14H2,1-2H3/q+1. The van der Waals surface area contributed by atoms with Crippen LogP contribution in [0.5, 0.6) is 0 Å². The highest BCUT2D eigenvalue weighted by molar-refractivity contribution is 7.90. The van der Waals surface area contributed by atoms with Gasteiger partial charge in [-0.1, -0.05) is 36.5 Å². The van der Waals surface area contributed by atoms with E-state index in [2.05, 4.69) is 18.4 Å². The minimum Gasteiger partial charge on any atom is -0.377 e. The summed E-state index contributed by atoms with van der Waals surface area (Å²) in [4.78, 5) is 0.368. The number of nitrogens with one attached hydrogen (secondary N) is 1. The first kappa shape index (κ1) is 18.1. The minimum atomic E-state index is -3.19. The van der Waals surface area contributed by atoms with Crippen LogP contribution in [0.15, 0.2) is 46.2 Å². The molecule has 25 heavy (non-hydrogen) atoms. The monoisotopic (exact) mass is 362 g/mol. The van der Waals surface area contributed by atoms with E-state index in [1.807, 2.05) is 18.3 Å². The molecule has 1 aliphatic carbocycles. The molecule has 3 rings (SSSR count). The van der Waals surface area contributed by atoms with Crippen molar-refractivity contribution in [2.75, 3.05) is 12.8 Å². The lowest BCUT2D eigenvalue weighted by Crippen LogP contribution is -2.35. The minimum absolute atomic E-state index is 0.368. The van der Waals surface area contributed by atoms with Crippen LogP contribution in [0.2, 0.25) is 0 Å². The SMILES string of the molecule is CC[N+]1(Cc2cccc(S(C)(=O)=O)c2)C=C(NC2CCCCC2)C=N1. The summed E-state index contributed by atoms with van der Waals surface area (Å²) < 4.78 is 24.1. The molecule has 0 bridgehead atoms. The first-order chi connectivity index (χ1) is 11.9. The van der Waals surface area contributed by atoms with Gasteiger partial charge in [0.2, 0.25) is 0 Å². The van der Waals surface area contributed by atoms with Gasteiger partial charge < -0.3 is 5.32 Å². The highest BCUT2D eigenvalue weighted by Gasteiger charge is 2.30. The Balaban J connectivity index is 1.75. The van der Waals surface area contributed by atoms with E-state index in [-0.39, 0.29) is 0 Å². The van der Waals surface area contributed by atoms with Crippen molar-refractivity contribution in [1.82, 2.24) is 5.32 Å². The molecule has 1 aromatic rings. The molecular weight excluding hydrogens is 334 g/mol. The Bertz CT molecular complexity index is 780. The van der Waals surface area contributed by atoms with E-state index >= 15 is 0 Å². The maximum Gasteiger partial charge on any atom is 0.175 e. The van der Waals surface area contributed by atoms with Crippen molar-refractivity contribution < 1.29 is 13.0 Å². The molecule has 1 saturated carbocycles. The van der Waals surface area contributed by atoms with Crippen LogP contribution < -0.4 is 5.32 Å². The van der Waals surface area contributed by atoms with Crippen molar-refractivity contribution in [2.24, 2.45) is 5.10 Å². The average Bonchev–Trinajstić information content (AvgIpc) is 2.98. The summed E-state index contributed by atoms with van der Waals surface area (Å²) in [5.41, 5.74) is 2.07. The van der Waals surface area contributed by atoms with Crippen molar-refractivity contribution in [1.29, 1.82) is 0 Å². The molecule has 0 spiro atoms. The molecule has 1 heterocycles. The summed E-state index contributed by atoms with van der Waals surface area (Å²) in [5.74, 6) is 0. The molecule has 0 aromatic heterocycles. The number of hydrogen-bond acceptors (Lipinski definition) is 4. The molecule has 1 unspecified atom stereocenters. The van der Waals surface area contributed by atoms with Crippen molar-refractivity contribution in [2.45, 2.75) is 56.5 Å². The third-order valence-electron chi connectivity index (χ3n) is 5.11. The molecule has 0 radical (unpaired) electrons. The molecule has 0 saturated heterocycles. The van der Waals surface area contributed by atoms with Crippen LogP contribution in [-0.4, -0.2) is 38.1 Å². The van der Waals surface area contributed by atoms with E-state index in [4.69, 9.17) is 5.10 Å².